The lowest BCUT2D eigenvalue weighted by Gasteiger charge is -2.34. The first-order valence-corrected chi connectivity index (χ1v) is 8.86. The highest BCUT2D eigenvalue weighted by molar-refractivity contribution is 5.93. The standard InChI is InChI=1S/C19H18F2N6/c1-26-6-8-27(9-7-26)15-5-4-13-18(16(15)21)23-19(22-13)17-12-3-2-11(20)10-14(12)24-25-17/h2-5,10H,6-9H2,1H3,(H,22,23)(H,24,25). The maximum Gasteiger partial charge on any atom is 0.174 e. The van der Waals surface area contributed by atoms with Crippen molar-refractivity contribution >= 4 is 27.6 Å². The Hall–Kier alpha value is -3.00. The zero-order chi connectivity index (χ0) is 18.5. The molecule has 8 heteroatoms. The van der Waals surface area contributed by atoms with Crippen LogP contribution in [0.5, 0.6) is 0 Å². The summed E-state index contributed by atoms with van der Waals surface area (Å²) in [6.07, 6.45) is 0. The van der Waals surface area contributed by atoms with Crippen LogP contribution in [-0.2, 0) is 0 Å². The second kappa shape index (κ2) is 6.02. The van der Waals surface area contributed by atoms with Crippen LogP contribution in [0.25, 0.3) is 33.5 Å². The Labute approximate surface area is 153 Å². The number of anilines is 1. The van der Waals surface area contributed by atoms with E-state index in [2.05, 4.69) is 37.0 Å². The van der Waals surface area contributed by atoms with Crippen LogP contribution >= 0.6 is 0 Å². The number of rotatable bonds is 2. The first-order valence-electron chi connectivity index (χ1n) is 8.86. The third-order valence-corrected chi connectivity index (χ3v) is 5.17. The van der Waals surface area contributed by atoms with Crippen molar-refractivity contribution in [2.24, 2.45) is 0 Å². The molecular weight excluding hydrogens is 350 g/mol. The van der Waals surface area contributed by atoms with Crippen LogP contribution in [0.1, 0.15) is 0 Å². The monoisotopic (exact) mass is 368 g/mol. The van der Waals surface area contributed by atoms with Crippen LogP contribution in [0.3, 0.4) is 0 Å². The molecule has 3 heterocycles. The summed E-state index contributed by atoms with van der Waals surface area (Å²) >= 11 is 0. The molecule has 0 spiro atoms. The highest BCUT2D eigenvalue weighted by Gasteiger charge is 2.21. The van der Waals surface area contributed by atoms with Gasteiger partial charge in [0.1, 0.15) is 17.0 Å². The van der Waals surface area contributed by atoms with Gasteiger partial charge in [0.25, 0.3) is 0 Å². The summed E-state index contributed by atoms with van der Waals surface area (Å²) in [7, 11) is 2.07. The maximum atomic E-state index is 15.2. The molecule has 2 aromatic heterocycles. The molecule has 6 nitrogen and oxygen atoms in total. The molecule has 0 aliphatic carbocycles. The Morgan fingerprint density at radius 2 is 1.81 bits per heavy atom. The smallest absolute Gasteiger partial charge is 0.174 e. The minimum absolute atomic E-state index is 0.291. The number of H-pyrrole nitrogens is 2. The molecule has 4 aromatic rings. The van der Waals surface area contributed by atoms with Crippen molar-refractivity contribution in [2.75, 3.05) is 38.1 Å². The highest BCUT2D eigenvalue weighted by Crippen LogP contribution is 2.31. The van der Waals surface area contributed by atoms with Crippen molar-refractivity contribution in [2.45, 2.75) is 0 Å². The molecule has 1 fully saturated rings. The molecule has 0 atom stereocenters. The van der Waals surface area contributed by atoms with E-state index < -0.39 is 0 Å². The fourth-order valence-corrected chi connectivity index (χ4v) is 3.61. The Balaban J connectivity index is 1.58. The van der Waals surface area contributed by atoms with Gasteiger partial charge in [-0.1, -0.05) is 0 Å². The molecular formula is C19H18F2N6. The van der Waals surface area contributed by atoms with Gasteiger partial charge in [-0.05, 0) is 37.4 Å². The predicted molar refractivity (Wildman–Crippen MR) is 101 cm³/mol. The average Bonchev–Trinajstić information content (AvgIpc) is 3.27. The number of aromatic nitrogens is 4. The minimum atomic E-state index is -0.342. The normalized spacial score (nSPS) is 15.9. The fourth-order valence-electron chi connectivity index (χ4n) is 3.61. The molecule has 0 unspecified atom stereocenters. The van der Waals surface area contributed by atoms with Crippen molar-refractivity contribution in [3.63, 3.8) is 0 Å². The number of fused-ring (bicyclic) bond motifs is 2. The van der Waals surface area contributed by atoms with Crippen LogP contribution in [0.15, 0.2) is 30.3 Å². The SMILES string of the molecule is CN1CCN(c2ccc3[nH]c(-c4n[nH]c5cc(F)ccc45)nc3c2F)CC1. The number of nitrogens with zero attached hydrogens (tertiary/aromatic N) is 4. The summed E-state index contributed by atoms with van der Waals surface area (Å²) in [6, 6.07) is 8.03. The molecule has 0 radical (unpaired) electrons. The van der Waals surface area contributed by atoms with E-state index in [-0.39, 0.29) is 11.6 Å². The zero-order valence-electron chi connectivity index (χ0n) is 14.8. The number of imidazole rings is 1. The second-order valence-electron chi connectivity index (χ2n) is 6.93. The number of likely N-dealkylation sites (N-methyl/N-ethyl adjacent to an activating group) is 1. The minimum Gasteiger partial charge on any atom is -0.367 e. The van der Waals surface area contributed by atoms with Crippen molar-refractivity contribution in [3.05, 3.63) is 42.0 Å². The third kappa shape index (κ3) is 2.64. The highest BCUT2D eigenvalue weighted by atomic mass is 19.1. The second-order valence-corrected chi connectivity index (χ2v) is 6.93. The van der Waals surface area contributed by atoms with Crippen molar-refractivity contribution in [1.29, 1.82) is 0 Å². The summed E-state index contributed by atoms with van der Waals surface area (Å²) in [5, 5.41) is 7.76. The van der Waals surface area contributed by atoms with Gasteiger partial charge in [0.2, 0.25) is 0 Å². The fraction of sp³-hybridized carbons (Fsp3) is 0.263. The molecule has 1 saturated heterocycles. The van der Waals surface area contributed by atoms with E-state index in [1.807, 2.05) is 6.07 Å². The van der Waals surface area contributed by atoms with Crippen LogP contribution in [0.2, 0.25) is 0 Å². The van der Waals surface area contributed by atoms with E-state index in [1.54, 1.807) is 12.1 Å². The predicted octanol–water partition coefficient (Wildman–Crippen LogP) is 3.14. The van der Waals surface area contributed by atoms with Gasteiger partial charge in [0, 0.05) is 31.6 Å². The van der Waals surface area contributed by atoms with Gasteiger partial charge in [-0.15, -0.1) is 0 Å². The Morgan fingerprint density at radius 3 is 2.63 bits per heavy atom. The molecule has 2 aromatic carbocycles. The van der Waals surface area contributed by atoms with Gasteiger partial charge >= 0.3 is 0 Å². The summed E-state index contributed by atoms with van der Waals surface area (Å²) in [6.45, 7) is 3.37. The van der Waals surface area contributed by atoms with E-state index in [1.165, 1.54) is 12.1 Å². The van der Waals surface area contributed by atoms with Crippen LogP contribution in [0.4, 0.5) is 14.5 Å². The third-order valence-electron chi connectivity index (χ3n) is 5.17. The molecule has 2 N–H and O–H groups in total. The number of aromatic amines is 2. The van der Waals surface area contributed by atoms with Gasteiger partial charge in [-0.3, -0.25) is 5.10 Å². The van der Waals surface area contributed by atoms with E-state index in [9.17, 15) is 4.39 Å². The largest absolute Gasteiger partial charge is 0.367 e. The van der Waals surface area contributed by atoms with E-state index in [4.69, 9.17) is 0 Å². The topological polar surface area (TPSA) is 63.8 Å². The first kappa shape index (κ1) is 16.2. The van der Waals surface area contributed by atoms with Crippen molar-refractivity contribution in [1.82, 2.24) is 25.1 Å². The average molecular weight is 368 g/mol. The Bertz CT molecular complexity index is 1140. The number of nitrogens with one attached hydrogen (secondary N) is 2. The van der Waals surface area contributed by atoms with Gasteiger partial charge in [-0.2, -0.15) is 5.10 Å². The molecule has 5 rings (SSSR count). The van der Waals surface area contributed by atoms with Crippen molar-refractivity contribution < 1.29 is 8.78 Å². The lowest BCUT2D eigenvalue weighted by atomic mass is 10.2. The Morgan fingerprint density at radius 1 is 1.00 bits per heavy atom. The van der Waals surface area contributed by atoms with Gasteiger partial charge in [0.15, 0.2) is 11.6 Å². The van der Waals surface area contributed by atoms with E-state index in [0.717, 1.165) is 31.6 Å². The Kier molecular flexibility index (Phi) is 3.61. The van der Waals surface area contributed by atoms with Gasteiger partial charge in [-0.25, -0.2) is 13.8 Å². The number of hydrogen-bond acceptors (Lipinski definition) is 4. The van der Waals surface area contributed by atoms with E-state index in [0.29, 0.717) is 33.8 Å². The molecule has 0 bridgehead atoms. The quantitative estimate of drug-likeness (QED) is 0.571. The molecule has 27 heavy (non-hydrogen) atoms. The molecule has 0 amide bonds. The maximum absolute atomic E-state index is 15.2. The molecule has 1 aliphatic heterocycles. The summed E-state index contributed by atoms with van der Waals surface area (Å²) in [5.74, 6) is -0.215. The van der Waals surface area contributed by atoms with Crippen molar-refractivity contribution in [3.8, 4) is 11.5 Å². The van der Waals surface area contributed by atoms with Gasteiger partial charge in [0.05, 0.1) is 16.7 Å². The summed E-state index contributed by atoms with van der Waals surface area (Å²) in [4.78, 5) is 11.9. The number of piperazine rings is 1. The molecule has 0 saturated carbocycles. The first-order chi connectivity index (χ1) is 13.1. The lowest BCUT2D eigenvalue weighted by Crippen LogP contribution is -2.44. The summed E-state index contributed by atoms with van der Waals surface area (Å²) in [5.41, 5.74) is 2.59. The lowest BCUT2D eigenvalue weighted by molar-refractivity contribution is 0.312. The van der Waals surface area contributed by atoms with Crippen LogP contribution in [0, 0.1) is 11.6 Å². The number of halogens is 2. The number of benzene rings is 2. The van der Waals surface area contributed by atoms with Crippen LogP contribution in [-0.4, -0.2) is 58.3 Å². The molecule has 1 aliphatic rings. The molecule has 138 valence electrons. The summed E-state index contributed by atoms with van der Waals surface area (Å²) < 4.78 is 28.5. The van der Waals surface area contributed by atoms with Crippen LogP contribution < -0.4 is 4.90 Å². The van der Waals surface area contributed by atoms with Gasteiger partial charge < -0.3 is 14.8 Å². The zero-order valence-corrected chi connectivity index (χ0v) is 14.8. The van der Waals surface area contributed by atoms with E-state index >= 15 is 4.39 Å². The number of hydrogen-bond donors (Lipinski definition) is 2.